The minimum absolute atomic E-state index is 0.00246. The van der Waals surface area contributed by atoms with Crippen LogP contribution in [0.2, 0.25) is 5.02 Å². The molecule has 2 aromatic rings. The van der Waals surface area contributed by atoms with Crippen LogP contribution in [-0.4, -0.2) is 10.9 Å². The third kappa shape index (κ3) is 3.76. The molecule has 0 bridgehead atoms. The molecular formula is C20H15ClO3. The molecule has 0 aromatic heterocycles. The van der Waals surface area contributed by atoms with E-state index in [2.05, 4.69) is 0 Å². The minimum atomic E-state index is -0.268. The third-order valence-electron chi connectivity index (χ3n) is 3.50. The Kier molecular flexibility index (Phi) is 4.82. The summed E-state index contributed by atoms with van der Waals surface area (Å²) in [6.45, 7) is 0. The van der Waals surface area contributed by atoms with Crippen LogP contribution in [0, 0.1) is 0 Å². The summed E-state index contributed by atoms with van der Waals surface area (Å²) in [4.78, 5) is 12.6. The van der Waals surface area contributed by atoms with E-state index in [-0.39, 0.29) is 17.1 Å². The molecule has 0 aliphatic heterocycles. The first-order valence-corrected chi connectivity index (χ1v) is 7.85. The Morgan fingerprint density at radius 1 is 1.08 bits per heavy atom. The standard InChI is InChI=1S/C20H15ClO3/c21-19-11-10-15(22)13-18(19)20(23)14-6-5-9-17(12-14)24-16-7-3-1-2-4-8-16/h1-7,9-13,22H,8H2. The number of hydrogen-bond acceptors (Lipinski definition) is 3. The molecule has 1 aliphatic rings. The molecule has 120 valence electrons. The van der Waals surface area contributed by atoms with Crippen molar-refractivity contribution in [3.05, 3.63) is 94.8 Å². The highest BCUT2D eigenvalue weighted by Crippen LogP contribution is 2.26. The minimum Gasteiger partial charge on any atom is -0.508 e. The van der Waals surface area contributed by atoms with E-state index in [9.17, 15) is 9.90 Å². The van der Waals surface area contributed by atoms with Crippen LogP contribution in [0.4, 0.5) is 0 Å². The Hall–Kier alpha value is -2.78. The highest BCUT2D eigenvalue weighted by atomic mass is 35.5. The van der Waals surface area contributed by atoms with Crippen LogP contribution >= 0.6 is 11.6 Å². The number of ether oxygens (including phenoxy) is 1. The van der Waals surface area contributed by atoms with Crippen molar-refractivity contribution in [1.82, 2.24) is 0 Å². The Balaban J connectivity index is 1.86. The van der Waals surface area contributed by atoms with Crippen LogP contribution in [0.3, 0.4) is 0 Å². The van der Waals surface area contributed by atoms with Gasteiger partial charge in [0.05, 0.1) is 5.02 Å². The fourth-order valence-corrected chi connectivity index (χ4v) is 2.53. The van der Waals surface area contributed by atoms with Gasteiger partial charge >= 0.3 is 0 Å². The van der Waals surface area contributed by atoms with Crippen LogP contribution in [0.25, 0.3) is 0 Å². The number of allylic oxidation sites excluding steroid dienone is 5. The van der Waals surface area contributed by atoms with E-state index in [1.165, 1.54) is 18.2 Å². The van der Waals surface area contributed by atoms with Crippen molar-refractivity contribution < 1.29 is 14.6 Å². The van der Waals surface area contributed by atoms with E-state index < -0.39 is 0 Å². The predicted octanol–water partition coefficient (Wildman–Crippen LogP) is 5.06. The number of phenolic OH excluding ortho intramolecular Hbond substituents is 1. The number of halogens is 1. The molecule has 3 nitrogen and oxygen atoms in total. The van der Waals surface area contributed by atoms with Gasteiger partial charge in [-0.15, -0.1) is 0 Å². The van der Waals surface area contributed by atoms with Gasteiger partial charge in [0.1, 0.15) is 17.3 Å². The predicted molar refractivity (Wildman–Crippen MR) is 94.6 cm³/mol. The average Bonchev–Trinajstić information content (AvgIpc) is 2.85. The van der Waals surface area contributed by atoms with Gasteiger partial charge in [-0.1, -0.05) is 48.0 Å². The number of carbonyl (C=O) groups excluding carboxylic acids is 1. The van der Waals surface area contributed by atoms with Crippen molar-refractivity contribution in [3.63, 3.8) is 0 Å². The molecule has 4 heteroatoms. The lowest BCUT2D eigenvalue weighted by Gasteiger charge is -2.10. The lowest BCUT2D eigenvalue weighted by atomic mass is 10.0. The maximum absolute atomic E-state index is 12.6. The van der Waals surface area contributed by atoms with Crippen molar-refractivity contribution in [2.24, 2.45) is 0 Å². The van der Waals surface area contributed by atoms with Crippen molar-refractivity contribution in [3.8, 4) is 11.5 Å². The van der Waals surface area contributed by atoms with Crippen molar-refractivity contribution in [2.45, 2.75) is 6.42 Å². The van der Waals surface area contributed by atoms with Crippen molar-refractivity contribution in [2.75, 3.05) is 0 Å². The number of aromatic hydroxyl groups is 1. The smallest absolute Gasteiger partial charge is 0.194 e. The van der Waals surface area contributed by atoms with Gasteiger partial charge in [-0.2, -0.15) is 0 Å². The lowest BCUT2D eigenvalue weighted by Crippen LogP contribution is -2.03. The molecule has 0 fully saturated rings. The van der Waals surface area contributed by atoms with Crippen LogP contribution in [-0.2, 0) is 0 Å². The van der Waals surface area contributed by atoms with Crippen LogP contribution in [0.15, 0.2) is 78.6 Å². The molecule has 3 rings (SSSR count). The summed E-state index contributed by atoms with van der Waals surface area (Å²) in [6.07, 6.45) is 10.4. The van der Waals surface area contributed by atoms with Gasteiger partial charge in [-0.05, 0) is 36.4 Å². The molecule has 0 saturated carbocycles. The normalized spacial score (nSPS) is 13.3. The monoisotopic (exact) mass is 338 g/mol. The van der Waals surface area contributed by atoms with Gasteiger partial charge in [0, 0.05) is 17.5 Å². The summed E-state index contributed by atoms with van der Waals surface area (Å²) in [5, 5.41) is 9.87. The van der Waals surface area contributed by atoms with E-state index in [4.69, 9.17) is 16.3 Å². The fraction of sp³-hybridized carbons (Fsp3) is 0.0500. The first-order valence-electron chi connectivity index (χ1n) is 7.47. The molecule has 0 amide bonds. The Morgan fingerprint density at radius 2 is 1.96 bits per heavy atom. The molecule has 0 heterocycles. The topological polar surface area (TPSA) is 46.5 Å². The average molecular weight is 339 g/mol. The largest absolute Gasteiger partial charge is 0.508 e. The van der Waals surface area contributed by atoms with E-state index in [1.54, 1.807) is 24.3 Å². The Bertz CT molecular complexity index is 863. The third-order valence-corrected chi connectivity index (χ3v) is 3.83. The van der Waals surface area contributed by atoms with E-state index >= 15 is 0 Å². The molecular weight excluding hydrogens is 324 g/mol. The molecule has 2 aromatic carbocycles. The van der Waals surface area contributed by atoms with Gasteiger partial charge < -0.3 is 9.84 Å². The van der Waals surface area contributed by atoms with Gasteiger partial charge in [0.25, 0.3) is 0 Å². The summed E-state index contributed by atoms with van der Waals surface area (Å²) >= 11 is 6.07. The molecule has 0 spiro atoms. The first kappa shape index (κ1) is 16.1. The molecule has 0 unspecified atom stereocenters. The summed E-state index contributed by atoms with van der Waals surface area (Å²) in [5.74, 6) is 1.10. The highest BCUT2D eigenvalue weighted by Gasteiger charge is 2.14. The number of ketones is 1. The molecule has 0 saturated heterocycles. The molecule has 1 aliphatic carbocycles. The maximum atomic E-state index is 12.6. The summed E-state index contributed by atoms with van der Waals surface area (Å²) in [5.41, 5.74) is 0.702. The van der Waals surface area contributed by atoms with Gasteiger partial charge in [-0.25, -0.2) is 0 Å². The quantitative estimate of drug-likeness (QED) is 0.793. The van der Waals surface area contributed by atoms with E-state index in [0.29, 0.717) is 22.8 Å². The number of benzene rings is 2. The van der Waals surface area contributed by atoms with Crippen LogP contribution < -0.4 is 4.74 Å². The van der Waals surface area contributed by atoms with Gasteiger partial charge in [0.2, 0.25) is 0 Å². The molecule has 1 N–H and O–H groups in total. The lowest BCUT2D eigenvalue weighted by molar-refractivity contribution is 0.103. The van der Waals surface area contributed by atoms with Gasteiger partial charge in [0.15, 0.2) is 5.78 Å². The molecule has 0 atom stereocenters. The molecule has 0 radical (unpaired) electrons. The first-order chi connectivity index (χ1) is 11.6. The Morgan fingerprint density at radius 3 is 2.83 bits per heavy atom. The SMILES string of the molecule is O=C(c1cccc(OC2=CC=CC=CC2)c1)c1cc(O)ccc1Cl. The summed E-state index contributed by atoms with van der Waals surface area (Å²) in [6, 6.07) is 11.2. The van der Waals surface area contributed by atoms with E-state index in [1.807, 2.05) is 30.4 Å². The van der Waals surface area contributed by atoms with Crippen molar-refractivity contribution >= 4 is 17.4 Å². The summed E-state index contributed by atoms with van der Waals surface area (Å²) in [7, 11) is 0. The zero-order valence-electron chi connectivity index (χ0n) is 12.8. The number of rotatable bonds is 4. The summed E-state index contributed by atoms with van der Waals surface area (Å²) < 4.78 is 5.84. The molecule has 24 heavy (non-hydrogen) atoms. The maximum Gasteiger partial charge on any atom is 0.194 e. The van der Waals surface area contributed by atoms with Gasteiger partial charge in [-0.3, -0.25) is 4.79 Å². The number of hydrogen-bond donors (Lipinski definition) is 1. The number of carbonyl (C=O) groups is 1. The zero-order valence-corrected chi connectivity index (χ0v) is 13.5. The van der Waals surface area contributed by atoms with E-state index in [0.717, 1.165) is 5.76 Å². The van der Waals surface area contributed by atoms with Crippen LogP contribution in [0.1, 0.15) is 22.3 Å². The second-order valence-corrected chi connectivity index (χ2v) is 5.68. The van der Waals surface area contributed by atoms with Crippen molar-refractivity contribution in [1.29, 1.82) is 0 Å². The van der Waals surface area contributed by atoms with Crippen LogP contribution in [0.5, 0.6) is 11.5 Å². The highest BCUT2D eigenvalue weighted by molar-refractivity contribution is 6.35. The number of phenols is 1. The Labute approximate surface area is 145 Å². The second kappa shape index (κ2) is 7.20. The fourth-order valence-electron chi connectivity index (χ4n) is 2.33. The zero-order chi connectivity index (χ0) is 16.9. The second-order valence-electron chi connectivity index (χ2n) is 5.27.